The Morgan fingerprint density at radius 1 is 1.45 bits per heavy atom. The van der Waals surface area contributed by atoms with E-state index in [1.54, 1.807) is 19.1 Å². The van der Waals surface area contributed by atoms with Crippen LogP contribution in [-0.4, -0.2) is 42.6 Å². The van der Waals surface area contributed by atoms with Crippen molar-refractivity contribution in [2.75, 3.05) is 19.6 Å². The smallest absolute Gasteiger partial charge is 0.263 e. The molecule has 1 unspecified atom stereocenters. The van der Waals surface area contributed by atoms with Gasteiger partial charge in [0.25, 0.3) is 5.91 Å². The molecule has 0 aliphatic carbocycles. The van der Waals surface area contributed by atoms with E-state index in [9.17, 15) is 9.18 Å². The predicted molar refractivity (Wildman–Crippen MR) is 84.4 cm³/mol. The second kappa shape index (κ2) is 8.13. The summed E-state index contributed by atoms with van der Waals surface area (Å²) >= 11 is 0. The van der Waals surface area contributed by atoms with Gasteiger partial charge in [-0.25, -0.2) is 4.39 Å². The Bertz CT molecular complexity index is 489. The summed E-state index contributed by atoms with van der Waals surface area (Å²) in [6, 6.07) is 6.18. The largest absolute Gasteiger partial charge is 0.481 e. The monoisotopic (exact) mass is 308 g/mol. The van der Waals surface area contributed by atoms with Crippen LogP contribution >= 0.6 is 0 Å². The number of hydrogen-bond donors (Lipinski definition) is 1. The molecular weight excluding hydrogens is 283 g/mol. The van der Waals surface area contributed by atoms with Gasteiger partial charge in [-0.3, -0.25) is 4.79 Å². The van der Waals surface area contributed by atoms with Crippen LogP contribution in [0.15, 0.2) is 24.3 Å². The number of halogens is 1. The second-order valence-corrected chi connectivity index (χ2v) is 5.73. The number of piperidine rings is 1. The Morgan fingerprint density at radius 3 is 2.82 bits per heavy atom. The van der Waals surface area contributed by atoms with Crippen molar-refractivity contribution in [1.29, 1.82) is 0 Å². The number of carbonyl (C=O) groups excluding carboxylic acids is 1. The summed E-state index contributed by atoms with van der Waals surface area (Å²) in [6.45, 7) is 6.42. The van der Waals surface area contributed by atoms with E-state index >= 15 is 0 Å². The van der Waals surface area contributed by atoms with Gasteiger partial charge in [-0.2, -0.15) is 0 Å². The minimum absolute atomic E-state index is 0.0157. The van der Waals surface area contributed by atoms with Crippen molar-refractivity contribution >= 4 is 5.91 Å². The van der Waals surface area contributed by atoms with Gasteiger partial charge >= 0.3 is 0 Å². The molecule has 0 saturated carbocycles. The lowest BCUT2D eigenvalue weighted by molar-refractivity contribution is -0.141. The maximum Gasteiger partial charge on any atom is 0.263 e. The minimum Gasteiger partial charge on any atom is -0.481 e. The zero-order valence-corrected chi connectivity index (χ0v) is 13.3. The molecule has 4 nitrogen and oxygen atoms in total. The van der Waals surface area contributed by atoms with Crippen molar-refractivity contribution < 1.29 is 13.9 Å². The first-order valence-corrected chi connectivity index (χ1v) is 8.05. The lowest BCUT2D eigenvalue weighted by atomic mass is 10.0. The van der Waals surface area contributed by atoms with Crippen LogP contribution in [0.1, 0.15) is 33.1 Å². The first-order valence-electron chi connectivity index (χ1n) is 8.05. The van der Waals surface area contributed by atoms with E-state index in [0.717, 1.165) is 38.9 Å². The van der Waals surface area contributed by atoms with Gasteiger partial charge in [-0.1, -0.05) is 13.0 Å². The van der Waals surface area contributed by atoms with Gasteiger partial charge in [0.2, 0.25) is 0 Å². The molecule has 1 fully saturated rings. The molecule has 1 heterocycles. The Morgan fingerprint density at radius 2 is 2.18 bits per heavy atom. The van der Waals surface area contributed by atoms with E-state index < -0.39 is 6.10 Å². The molecule has 22 heavy (non-hydrogen) atoms. The molecule has 1 N–H and O–H groups in total. The van der Waals surface area contributed by atoms with Crippen molar-refractivity contribution in [3.63, 3.8) is 0 Å². The number of carbonyl (C=O) groups is 1. The van der Waals surface area contributed by atoms with E-state index in [1.165, 1.54) is 12.1 Å². The molecular formula is C17H25FN2O2. The van der Waals surface area contributed by atoms with Crippen molar-refractivity contribution in [3.05, 3.63) is 30.1 Å². The quantitative estimate of drug-likeness (QED) is 0.878. The van der Waals surface area contributed by atoms with E-state index in [4.69, 9.17) is 4.74 Å². The van der Waals surface area contributed by atoms with E-state index in [1.807, 2.05) is 4.90 Å². The highest BCUT2D eigenvalue weighted by atomic mass is 19.1. The zero-order chi connectivity index (χ0) is 15.9. The first kappa shape index (κ1) is 16.7. The first-order chi connectivity index (χ1) is 10.6. The minimum atomic E-state index is -0.608. The van der Waals surface area contributed by atoms with Gasteiger partial charge in [0.15, 0.2) is 6.10 Å². The van der Waals surface area contributed by atoms with Crippen LogP contribution < -0.4 is 10.1 Å². The fourth-order valence-electron chi connectivity index (χ4n) is 2.86. The van der Waals surface area contributed by atoms with Crippen LogP contribution in [-0.2, 0) is 4.79 Å². The lowest BCUT2D eigenvalue weighted by Crippen LogP contribution is -2.50. The zero-order valence-electron chi connectivity index (χ0n) is 13.3. The average molecular weight is 308 g/mol. The number of nitrogens with zero attached hydrogens (tertiary/aromatic N) is 1. The fraction of sp³-hybridized carbons (Fsp3) is 0.588. The van der Waals surface area contributed by atoms with Crippen LogP contribution in [0.25, 0.3) is 0 Å². The Kier molecular flexibility index (Phi) is 6.19. The SMILES string of the molecule is CCCN(C(=O)C(C)Oc1cccc(F)c1)C1CCNCC1. The number of hydrogen-bond acceptors (Lipinski definition) is 3. The highest BCUT2D eigenvalue weighted by Crippen LogP contribution is 2.18. The van der Waals surface area contributed by atoms with Gasteiger partial charge in [0, 0.05) is 18.7 Å². The molecule has 1 saturated heterocycles. The van der Waals surface area contributed by atoms with Crippen LogP contribution in [0.5, 0.6) is 5.75 Å². The van der Waals surface area contributed by atoms with Crippen molar-refractivity contribution in [2.45, 2.75) is 45.3 Å². The molecule has 2 rings (SSSR count). The third-order valence-corrected chi connectivity index (χ3v) is 3.95. The summed E-state index contributed by atoms with van der Waals surface area (Å²) in [5.41, 5.74) is 0. The molecule has 0 aromatic heterocycles. The summed E-state index contributed by atoms with van der Waals surface area (Å²) in [7, 11) is 0. The molecule has 1 aromatic carbocycles. The van der Waals surface area contributed by atoms with Gasteiger partial charge in [-0.15, -0.1) is 0 Å². The molecule has 0 radical (unpaired) electrons. The summed E-state index contributed by atoms with van der Waals surface area (Å²) < 4.78 is 18.8. The number of nitrogens with one attached hydrogen (secondary N) is 1. The highest BCUT2D eigenvalue weighted by Gasteiger charge is 2.28. The van der Waals surface area contributed by atoms with Crippen LogP contribution in [0.2, 0.25) is 0 Å². The fourth-order valence-corrected chi connectivity index (χ4v) is 2.86. The maximum absolute atomic E-state index is 13.2. The average Bonchev–Trinajstić information content (AvgIpc) is 2.53. The number of rotatable bonds is 6. The summed E-state index contributed by atoms with van der Waals surface area (Å²) in [5, 5.41) is 3.32. The standard InChI is InChI=1S/C17H25FN2O2/c1-3-11-20(15-7-9-19-10-8-15)17(21)13(2)22-16-6-4-5-14(18)12-16/h4-6,12-13,15,19H,3,7-11H2,1-2H3. The van der Waals surface area contributed by atoms with Gasteiger partial charge in [0.1, 0.15) is 11.6 Å². The van der Waals surface area contributed by atoms with Gasteiger partial charge in [-0.05, 0) is 51.4 Å². The van der Waals surface area contributed by atoms with Crippen molar-refractivity contribution in [3.8, 4) is 5.75 Å². The maximum atomic E-state index is 13.2. The lowest BCUT2D eigenvalue weighted by Gasteiger charge is -2.36. The molecule has 1 aromatic rings. The van der Waals surface area contributed by atoms with E-state index in [0.29, 0.717) is 5.75 Å². The van der Waals surface area contributed by atoms with E-state index in [-0.39, 0.29) is 17.8 Å². The van der Waals surface area contributed by atoms with Gasteiger partial charge < -0.3 is 15.0 Å². The van der Waals surface area contributed by atoms with Crippen LogP contribution in [0.3, 0.4) is 0 Å². The molecule has 1 amide bonds. The normalized spacial score (nSPS) is 17.0. The highest BCUT2D eigenvalue weighted by molar-refractivity contribution is 5.81. The summed E-state index contributed by atoms with van der Waals surface area (Å²) in [5.74, 6) is 0.0153. The Labute approximate surface area is 131 Å². The van der Waals surface area contributed by atoms with Crippen LogP contribution in [0, 0.1) is 5.82 Å². The molecule has 122 valence electrons. The molecule has 1 atom stereocenters. The molecule has 0 bridgehead atoms. The third-order valence-electron chi connectivity index (χ3n) is 3.95. The van der Waals surface area contributed by atoms with Gasteiger partial charge in [0.05, 0.1) is 0 Å². The number of benzene rings is 1. The topological polar surface area (TPSA) is 41.6 Å². The number of amides is 1. The summed E-state index contributed by atoms with van der Waals surface area (Å²) in [4.78, 5) is 14.6. The van der Waals surface area contributed by atoms with Crippen molar-refractivity contribution in [2.24, 2.45) is 0 Å². The van der Waals surface area contributed by atoms with Crippen molar-refractivity contribution in [1.82, 2.24) is 10.2 Å². The molecule has 1 aliphatic rings. The molecule has 0 spiro atoms. The Balaban J connectivity index is 2.01. The van der Waals surface area contributed by atoms with E-state index in [2.05, 4.69) is 12.2 Å². The second-order valence-electron chi connectivity index (χ2n) is 5.73. The summed E-state index contributed by atoms with van der Waals surface area (Å²) in [6.07, 6.45) is 2.25. The number of ether oxygens (including phenoxy) is 1. The third kappa shape index (κ3) is 4.44. The molecule has 5 heteroatoms. The predicted octanol–water partition coefficient (Wildman–Crippen LogP) is 2.58. The molecule has 1 aliphatic heterocycles. The Hall–Kier alpha value is -1.62. The van der Waals surface area contributed by atoms with Crippen LogP contribution in [0.4, 0.5) is 4.39 Å².